The molecular formula is C37H47F6N2NaO9. The number of aromatic nitrogens is 2. The fourth-order valence-electron chi connectivity index (χ4n) is 5.74. The number of carbonyl (C=O) groups is 2. The van der Waals surface area contributed by atoms with Gasteiger partial charge in [-0.2, -0.15) is 26.3 Å². The Morgan fingerprint density at radius 2 is 1.02 bits per heavy atom. The van der Waals surface area contributed by atoms with Crippen LogP contribution in [0.3, 0.4) is 0 Å². The Morgan fingerprint density at radius 3 is 1.31 bits per heavy atom. The number of aryl methyl sites for hydroxylation is 4. The van der Waals surface area contributed by atoms with Crippen LogP contribution in [0.4, 0.5) is 26.3 Å². The molecule has 0 aliphatic rings. The molecule has 4 aromatic rings. The number of carboxylic acids is 1. The zero-order valence-corrected chi connectivity index (χ0v) is 34.7. The second-order valence-corrected chi connectivity index (χ2v) is 13.5. The van der Waals surface area contributed by atoms with Crippen molar-refractivity contribution in [1.82, 2.24) is 10.3 Å². The van der Waals surface area contributed by atoms with E-state index in [1.165, 1.54) is 33.1 Å². The molecule has 0 spiro atoms. The molecular weight excluding hydrogens is 753 g/mol. The summed E-state index contributed by atoms with van der Waals surface area (Å²) in [6, 6.07) is 2.75. The van der Waals surface area contributed by atoms with E-state index in [0.717, 1.165) is 0 Å². The van der Waals surface area contributed by atoms with Gasteiger partial charge in [0.15, 0.2) is 33.8 Å². The zero-order valence-electron chi connectivity index (χ0n) is 32.7. The van der Waals surface area contributed by atoms with E-state index in [1.807, 2.05) is 27.7 Å². The van der Waals surface area contributed by atoms with Crippen LogP contribution in [-0.2, 0) is 52.4 Å². The summed E-state index contributed by atoms with van der Waals surface area (Å²) in [4.78, 5) is 23.5. The van der Waals surface area contributed by atoms with Crippen LogP contribution in [0.1, 0.15) is 115 Å². The summed E-state index contributed by atoms with van der Waals surface area (Å²) in [5.74, 6) is -1.11. The molecule has 2 heterocycles. The molecule has 0 fully saturated rings. The predicted octanol–water partition coefficient (Wildman–Crippen LogP) is 6.90. The van der Waals surface area contributed by atoms with Crippen molar-refractivity contribution in [2.45, 2.75) is 130 Å². The first kappa shape index (κ1) is 49.5. The van der Waals surface area contributed by atoms with Crippen LogP contribution in [-0.4, -0.2) is 51.1 Å². The second-order valence-electron chi connectivity index (χ2n) is 13.5. The molecule has 55 heavy (non-hydrogen) atoms. The number of halogens is 6. The van der Waals surface area contributed by atoms with Crippen molar-refractivity contribution in [2.75, 3.05) is 7.11 Å². The van der Waals surface area contributed by atoms with E-state index in [-0.39, 0.29) is 62.7 Å². The minimum atomic E-state index is -4.64. The van der Waals surface area contributed by atoms with Gasteiger partial charge < -0.3 is 33.8 Å². The van der Waals surface area contributed by atoms with Crippen molar-refractivity contribution in [3.05, 3.63) is 45.8 Å². The normalized spacial score (nSPS) is 12.1. The maximum Gasteiger partial charge on any atom is 1.00 e. The topological polar surface area (TPSA) is 164 Å². The number of rotatable bonds is 14. The zero-order chi connectivity index (χ0) is 40.1. The fourth-order valence-corrected chi connectivity index (χ4v) is 5.74. The van der Waals surface area contributed by atoms with E-state index < -0.39 is 46.9 Å². The van der Waals surface area contributed by atoms with Gasteiger partial charge in [0.25, 0.3) is 0 Å². The van der Waals surface area contributed by atoms with Crippen LogP contribution in [0.25, 0.3) is 21.9 Å². The van der Waals surface area contributed by atoms with Crippen molar-refractivity contribution in [3.63, 3.8) is 0 Å². The average molecular weight is 801 g/mol. The van der Waals surface area contributed by atoms with Gasteiger partial charge in [-0.25, -0.2) is 9.59 Å². The quantitative estimate of drug-likeness (QED) is 0.0802. The SMILES string of the molecule is CCCc1cc2c(C(F)(F)F)noc2c(CCC)c1OC(C)(C)C(=O)O.CCCc1cc2c(C(F)(F)F)noc2c(CCC)c1OC(C)(C)C(=O)OC.[Na+].[OH-]. The van der Waals surface area contributed by atoms with Crippen LogP contribution < -0.4 is 39.0 Å². The van der Waals surface area contributed by atoms with E-state index >= 15 is 0 Å². The number of hydrogen-bond acceptors (Lipinski definition) is 10. The molecule has 0 saturated carbocycles. The van der Waals surface area contributed by atoms with Gasteiger partial charge in [-0.05, 0) is 76.6 Å². The number of benzene rings is 2. The van der Waals surface area contributed by atoms with Crippen LogP contribution >= 0.6 is 0 Å². The molecule has 0 unspecified atom stereocenters. The van der Waals surface area contributed by atoms with Gasteiger partial charge in [0.1, 0.15) is 11.5 Å². The van der Waals surface area contributed by atoms with Gasteiger partial charge in [-0.1, -0.05) is 63.7 Å². The van der Waals surface area contributed by atoms with Crippen molar-refractivity contribution in [1.29, 1.82) is 0 Å². The molecule has 18 heteroatoms. The number of esters is 1. The van der Waals surface area contributed by atoms with E-state index in [1.54, 1.807) is 13.8 Å². The van der Waals surface area contributed by atoms with Crippen molar-refractivity contribution in [3.8, 4) is 11.5 Å². The number of alkyl halides is 6. The Kier molecular flexibility index (Phi) is 17.6. The molecule has 11 nitrogen and oxygen atoms in total. The Bertz CT molecular complexity index is 1920. The third-order valence-electron chi connectivity index (χ3n) is 8.25. The third-order valence-corrected chi connectivity index (χ3v) is 8.25. The molecule has 0 atom stereocenters. The average Bonchev–Trinajstić information content (AvgIpc) is 3.69. The summed E-state index contributed by atoms with van der Waals surface area (Å²) < 4.78 is 106. The summed E-state index contributed by atoms with van der Waals surface area (Å²) in [6.07, 6.45) is -4.89. The van der Waals surface area contributed by atoms with Crippen molar-refractivity contribution < 1.29 is 99.3 Å². The number of ether oxygens (including phenoxy) is 3. The smallest absolute Gasteiger partial charge is 0.870 e. The number of hydrogen-bond donors (Lipinski definition) is 1. The van der Waals surface area contributed by atoms with E-state index in [4.69, 9.17) is 23.3 Å². The molecule has 2 N–H and O–H groups in total. The maximum absolute atomic E-state index is 13.3. The van der Waals surface area contributed by atoms with Crippen molar-refractivity contribution >= 4 is 33.9 Å². The molecule has 0 aliphatic heterocycles. The van der Waals surface area contributed by atoms with Crippen LogP contribution in [0.15, 0.2) is 21.2 Å². The Labute approximate surface area is 337 Å². The standard InChI is InChI=1S/C19H24F3NO4.C18H22F3NO4.Na.H2O/c1-6-8-11-10-13-15(27-23-16(13)19(20,21)22)12(9-7-2)14(11)26-18(3,4)17(24)25-5;1-5-7-10-9-12-14(26-22-15(12)18(19,20)21)11(8-6-2)13(10)25-17(3,4)16(23)24;;/h10H,6-9H2,1-5H3;9H,5-8H2,1-4H3,(H,23,24);;1H2/q;;+1;/p-1. The van der Waals surface area contributed by atoms with E-state index in [2.05, 4.69) is 10.3 Å². The molecule has 0 amide bonds. The molecule has 2 aromatic heterocycles. The Morgan fingerprint density at radius 1 is 0.673 bits per heavy atom. The minimum Gasteiger partial charge on any atom is -0.870 e. The van der Waals surface area contributed by atoms with Gasteiger partial charge in [0, 0.05) is 11.1 Å². The van der Waals surface area contributed by atoms with Crippen LogP contribution in [0, 0.1) is 0 Å². The van der Waals surface area contributed by atoms with Gasteiger partial charge in [-0.3, -0.25) is 0 Å². The van der Waals surface area contributed by atoms with E-state index in [9.17, 15) is 41.0 Å². The number of carboxylic acid groups (broad SMARTS) is 1. The number of fused-ring (bicyclic) bond motifs is 2. The summed E-state index contributed by atoms with van der Waals surface area (Å²) >= 11 is 0. The molecule has 4 rings (SSSR count). The number of methoxy groups -OCH3 is 1. The van der Waals surface area contributed by atoms with Crippen LogP contribution in [0.2, 0.25) is 0 Å². The summed E-state index contributed by atoms with van der Waals surface area (Å²) in [5.41, 5.74) is -2.92. The van der Waals surface area contributed by atoms with Crippen LogP contribution in [0.5, 0.6) is 11.5 Å². The Hall–Kier alpha value is -3.54. The number of nitrogens with zero attached hydrogens (tertiary/aromatic N) is 2. The minimum absolute atomic E-state index is 0. The second kappa shape index (κ2) is 19.6. The fraction of sp³-hybridized carbons (Fsp3) is 0.568. The molecule has 0 bridgehead atoms. The van der Waals surface area contributed by atoms with Gasteiger partial charge >= 0.3 is 53.8 Å². The first-order valence-corrected chi connectivity index (χ1v) is 17.3. The summed E-state index contributed by atoms with van der Waals surface area (Å²) in [5, 5.41) is 15.6. The largest absolute Gasteiger partial charge is 1.00 e. The number of aliphatic carboxylic acids is 1. The summed E-state index contributed by atoms with van der Waals surface area (Å²) in [6.45, 7) is 13.5. The van der Waals surface area contributed by atoms with Crippen molar-refractivity contribution in [2.24, 2.45) is 0 Å². The maximum atomic E-state index is 13.3. The molecule has 0 aliphatic carbocycles. The number of carbonyl (C=O) groups excluding carboxylic acids is 1. The van der Waals surface area contributed by atoms with Gasteiger partial charge in [0.05, 0.1) is 17.9 Å². The Balaban J connectivity index is 0.000000531. The molecule has 302 valence electrons. The summed E-state index contributed by atoms with van der Waals surface area (Å²) in [7, 11) is 1.25. The first-order chi connectivity index (χ1) is 24.6. The monoisotopic (exact) mass is 800 g/mol. The van der Waals surface area contributed by atoms with Gasteiger partial charge in [0.2, 0.25) is 0 Å². The van der Waals surface area contributed by atoms with E-state index in [0.29, 0.717) is 79.4 Å². The molecule has 0 saturated heterocycles. The first-order valence-electron chi connectivity index (χ1n) is 17.3. The van der Waals surface area contributed by atoms with Gasteiger partial charge in [-0.15, -0.1) is 0 Å². The predicted molar refractivity (Wildman–Crippen MR) is 185 cm³/mol. The third kappa shape index (κ3) is 11.3. The molecule has 0 radical (unpaired) electrons. The molecule has 2 aromatic carbocycles.